The number of anilines is 1. The van der Waals surface area contributed by atoms with Crippen LogP contribution in [0.4, 0.5) is 5.82 Å². The van der Waals surface area contributed by atoms with Gasteiger partial charge in [0.2, 0.25) is 5.91 Å². The lowest BCUT2D eigenvalue weighted by atomic mass is 10.1. The second-order valence-electron chi connectivity index (χ2n) is 6.17. The smallest absolute Gasteiger partial charge is 0.254 e. The Balaban J connectivity index is 1.71. The Bertz CT molecular complexity index is 955. The summed E-state index contributed by atoms with van der Waals surface area (Å²) in [5.74, 6) is 0.388. The summed E-state index contributed by atoms with van der Waals surface area (Å²) in [5.41, 5.74) is 3.73. The fourth-order valence-corrected chi connectivity index (χ4v) is 2.71. The summed E-state index contributed by atoms with van der Waals surface area (Å²) in [6, 6.07) is 7.11. The van der Waals surface area contributed by atoms with Gasteiger partial charge >= 0.3 is 0 Å². The first-order valence-electron chi connectivity index (χ1n) is 7.92. The highest BCUT2D eigenvalue weighted by Gasteiger charge is 2.17. The van der Waals surface area contributed by atoms with Crippen molar-refractivity contribution in [2.75, 3.05) is 18.9 Å². The maximum atomic E-state index is 12.6. The number of aromatic nitrogens is 2. The Labute approximate surface area is 145 Å². The molecule has 0 saturated heterocycles. The summed E-state index contributed by atoms with van der Waals surface area (Å²) in [6.45, 7) is 5.67. The van der Waals surface area contributed by atoms with E-state index in [4.69, 9.17) is 4.52 Å². The molecule has 0 fully saturated rings. The molecular weight excluding hydrogens is 320 g/mol. The third kappa shape index (κ3) is 3.40. The monoisotopic (exact) mass is 340 g/mol. The Morgan fingerprint density at radius 1 is 1.24 bits per heavy atom. The van der Waals surface area contributed by atoms with Gasteiger partial charge in [0.05, 0.1) is 6.54 Å². The molecule has 130 valence electrons. The van der Waals surface area contributed by atoms with E-state index < -0.39 is 0 Å². The van der Waals surface area contributed by atoms with Crippen molar-refractivity contribution in [2.24, 2.45) is 0 Å². The molecule has 0 radical (unpaired) electrons. The summed E-state index contributed by atoms with van der Waals surface area (Å²) in [4.78, 5) is 29.3. The fourth-order valence-electron chi connectivity index (χ4n) is 2.71. The number of nitrogens with zero attached hydrogens (tertiary/aromatic N) is 2. The van der Waals surface area contributed by atoms with Crippen LogP contribution in [-0.4, -0.2) is 40.4 Å². The third-order valence-electron chi connectivity index (χ3n) is 4.18. The SMILES string of the molecule is Cc1cc(NC(=O)CN(C)C(=O)c2ccc3[nH]c(C)c(C)c3c2)no1. The van der Waals surface area contributed by atoms with Gasteiger partial charge < -0.3 is 19.7 Å². The number of carbonyl (C=O) groups is 2. The summed E-state index contributed by atoms with van der Waals surface area (Å²) < 4.78 is 4.89. The molecular formula is C18H20N4O3. The molecule has 0 atom stereocenters. The van der Waals surface area contributed by atoms with Crippen LogP contribution < -0.4 is 5.32 Å². The zero-order valence-corrected chi connectivity index (χ0v) is 14.6. The predicted octanol–water partition coefficient (Wildman–Crippen LogP) is 2.79. The first kappa shape index (κ1) is 16.8. The van der Waals surface area contributed by atoms with E-state index in [2.05, 4.69) is 15.5 Å². The van der Waals surface area contributed by atoms with Gasteiger partial charge in [-0.15, -0.1) is 0 Å². The molecule has 3 aromatic rings. The molecule has 1 aromatic carbocycles. The minimum atomic E-state index is -0.334. The van der Waals surface area contributed by atoms with E-state index in [1.165, 1.54) is 4.90 Å². The largest absolute Gasteiger partial charge is 0.360 e. The van der Waals surface area contributed by atoms with E-state index in [-0.39, 0.29) is 18.4 Å². The molecule has 2 heterocycles. The van der Waals surface area contributed by atoms with Gasteiger partial charge in [-0.05, 0) is 44.5 Å². The molecule has 25 heavy (non-hydrogen) atoms. The van der Waals surface area contributed by atoms with Crippen molar-refractivity contribution in [1.29, 1.82) is 0 Å². The fraction of sp³-hybridized carbons (Fsp3) is 0.278. The number of nitrogens with one attached hydrogen (secondary N) is 2. The van der Waals surface area contributed by atoms with Crippen LogP contribution in [0, 0.1) is 20.8 Å². The van der Waals surface area contributed by atoms with Crippen LogP contribution in [0.5, 0.6) is 0 Å². The van der Waals surface area contributed by atoms with Gasteiger partial charge in [0, 0.05) is 35.3 Å². The number of aromatic amines is 1. The van der Waals surface area contributed by atoms with Gasteiger partial charge in [-0.25, -0.2) is 0 Å². The van der Waals surface area contributed by atoms with Gasteiger partial charge in [0.1, 0.15) is 5.76 Å². The molecule has 0 unspecified atom stereocenters. The maximum absolute atomic E-state index is 12.6. The summed E-state index contributed by atoms with van der Waals surface area (Å²) >= 11 is 0. The van der Waals surface area contributed by atoms with E-state index in [1.54, 1.807) is 26.1 Å². The van der Waals surface area contributed by atoms with Crippen LogP contribution in [-0.2, 0) is 4.79 Å². The zero-order chi connectivity index (χ0) is 18.1. The molecule has 2 aromatic heterocycles. The van der Waals surface area contributed by atoms with Crippen molar-refractivity contribution in [3.8, 4) is 0 Å². The summed E-state index contributed by atoms with van der Waals surface area (Å²) in [5, 5.41) is 7.31. The number of hydrogen-bond donors (Lipinski definition) is 2. The topological polar surface area (TPSA) is 91.2 Å². The van der Waals surface area contributed by atoms with Gasteiger partial charge in [0.15, 0.2) is 5.82 Å². The number of hydrogen-bond acceptors (Lipinski definition) is 4. The first-order chi connectivity index (χ1) is 11.8. The molecule has 0 bridgehead atoms. The van der Waals surface area contributed by atoms with Crippen LogP contribution in [0.3, 0.4) is 0 Å². The van der Waals surface area contributed by atoms with Crippen molar-refractivity contribution >= 4 is 28.5 Å². The number of fused-ring (bicyclic) bond motifs is 1. The summed E-state index contributed by atoms with van der Waals surface area (Å²) in [7, 11) is 1.59. The normalized spacial score (nSPS) is 10.9. The predicted molar refractivity (Wildman–Crippen MR) is 94.6 cm³/mol. The molecule has 3 rings (SSSR count). The molecule has 0 aliphatic heterocycles. The van der Waals surface area contributed by atoms with Crippen LogP contribution in [0.15, 0.2) is 28.8 Å². The van der Waals surface area contributed by atoms with E-state index >= 15 is 0 Å². The average molecular weight is 340 g/mol. The number of H-pyrrole nitrogens is 1. The second-order valence-corrected chi connectivity index (χ2v) is 6.17. The van der Waals surface area contributed by atoms with Gasteiger partial charge in [-0.2, -0.15) is 0 Å². The van der Waals surface area contributed by atoms with Crippen LogP contribution >= 0.6 is 0 Å². The third-order valence-corrected chi connectivity index (χ3v) is 4.18. The summed E-state index contributed by atoms with van der Waals surface area (Å²) in [6.07, 6.45) is 0. The van der Waals surface area contributed by atoms with Crippen LogP contribution in [0.1, 0.15) is 27.4 Å². The van der Waals surface area contributed by atoms with Gasteiger partial charge in [-0.1, -0.05) is 5.16 Å². The Hall–Kier alpha value is -3.09. The number of rotatable bonds is 4. The number of likely N-dealkylation sites (N-methyl/N-ethyl adjacent to an activating group) is 1. The van der Waals surface area contributed by atoms with Crippen molar-refractivity contribution in [3.05, 3.63) is 46.8 Å². The minimum absolute atomic E-state index is 0.0755. The van der Waals surface area contributed by atoms with Crippen molar-refractivity contribution in [2.45, 2.75) is 20.8 Å². The van der Waals surface area contributed by atoms with Crippen molar-refractivity contribution in [3.63, 3.8) is 0 Å². The van der Waals surface area contributed by atoms with Crippen molar-refractivity contribution in [1.82, 2.24) is 15.0 Å². The van der Waals surface area contributed by atoms with E-state index in [9.17, 15) is 9.59 Å². The van der Waals surface area contributed by atoms with Crippen LogP contribution in [0.25, 0.3) is 10.9 Å². The lowest BCUT2D eigenvalue weighted by Crippen LogP contribution is -2.35. The van der Waals surface area contributed by atoms with Gasteiger partial charge in [-0.3, -0.25) is 9.59 Å². The van der Waals surface area contributed by atoms with E-state index in [0.29, 0.717) is 17.1 Å². The maximum Gasteiger partial charge on any atom is 0.254 e. The number of benzene rings is 1. The molecule has 2 N–H and O–H groups in total. The van der Waals surface area contributed by atoms with E-state index in [0.717, 1.165) is 22.2 Å². The molecule has 0 saturated carbocycles. The second kappa shape index (κ2) is 6.43. The highest BCUT2D eigenvalue weighted by Crippen LogP contribution is 2.22. The average Bonchev–Trinajstić information content (AvgIpc) is 3.09. The molecule has 0 spiro atoms. The lowest BCUT2D eigenvalue weighted by molar-refractivity contribution is -0.116. The van der Waals surface area contributed by atoms with Gasteiger partial charge in [0.25, 0.3) is 5.91 Å². The highest BCUT2D eigenvalue weighted by atomic mass is 16.5. The minimum Gasteiger partial charge on any atom is -0.360 e. The lowest BCUT2D eigenvalue weighted by Gasteiger charge is -2.16. The zero-order valence-electron chi connectivity index (χ0n) is 14.6. The number of amides is 2. The molecule has 0 aliphatic carbocycles. The number of aryl methyl sites for hydroxylation is 3. The van der Waals surface area contributed by atoms with E-state index in [1.807, 2.05) is 26.0 Å². The van der Waals surface area contributed by atoms with Crippen LogP contribution in [0.2, 0.25) is 0 Å². The molecule has 7 heteroatoms. The quantitative estimate of drug-likeness (QED) is 0.764. The molecule has 2 amide bonds. The number of carbonyl (C=O) groups excluding carboxylic acids is 2. The van der Waals surface area contributed by atoms with Crippen molar-refractivity contribution < 1.29 is 14.1 Å². The molecule has 7 nitrogen and oxygen atoms in total. The Morgan fingerprint density at radius 2 is 2.00 bits per heavy atom. The first-order valence-corrected chi connectivity index (χ1v) is 7.92. The standard InChI is InChI=1S/C18H20N4O3/c1-10-7-16(21-25-10)20-17(23)9-22(4)18(24)13-5-6-15-14(8-13)11(2)12(3)19-15/h5-8,19H,9H2,1-4H3,(H,20,21,23). The Kier molecular flexibility index (Phi) is 4.31. The molecule has 0 aliphatic rings. The highest BCUT2D eigenvalue weighted by molar-refractivity contribution is 6.01. The Morgan fingerprint density at radius 3 is 2.68 bits per heavy atom.